The van der Waals surface area contributed by atoms with Crippen LogP contribution in [-0.2, 0) is 0 Å². The molecule has 2 aromatic rings. The van der Waals surface area contributed by atoms with Crippen LogP contribution in [0.5, 0.6) is 0 Å². The van der Waals surface area contributed by atoms with E-state index in [0.717, 1.165) is 30.3 Å². The van der Waals surface area contributed by atoms with E-state index in [1.165, 1.54) is 6.07 Å². The number of carbonyl (C=O) groups is 1. The molecule has 1 N–H and O–H groups in total. The fraction of sp³-hybridized carbons (Fsp3) is 0. The third-order valence-corrected chi connectivity index (χ3v) is 2.82. The number of hydrogen-bond donors (Lipinski definition) is 1. The highest BCUT2D eigenvalue weighted by Crippen LogP contribution is 2.22. The number of nitrogens with one attached hydrogen (secondary N) is 1. The van der Waals surface area contributed by atoms with Gasteiger partial charge in [0.15, 0.2) is 0 Å². The number of nitro groups is 1. The Balaban J connectivity index is 2.34. The highest BCUT2D eigenvalue weighted by Gasteiger charge is 2.18. The summed E-state index contributed by atoms with van der Waals surface area (Å²) >= 11 is 5.66. The second-order valence-corrected chi connectivity index (χ2v) is 4.44. The van der Waals surface area contributed by atoms with Gasteiger partial charge in [-0.3, -0.25) is 14.9 Å². The second kappa shape index (κ2) is 5.84. The van der Waals surface area contributed by atoms with Crippen LogP contribution in [0.1, 0.15) is 10.4 Å². The molecule has 21 heavy (non-hydrogen) atoms. The number of anilines is 1. The van der Waals surface area contributed by atoms with E-state index < -0.39 is 33.7 Å². The average Bonchev–Trinajstić information content (AvgIpc) is 2.43. The van der Waals surface area contributed by atoms with Crippen LogP contribution in [0.15, 0.2) is 36.4 Å². The number of rotatable bonds is 3. The van der Waals surface area contributed by atoms with Crippen molar-refractivity contribution in [3.8, 4) is 0 Å². The first-order valence-electron chi connectivity index (χ1n) is 5.59. The molecule has 0 heterocycles. The Morgan fingerprint density at radius 1 is 1.14 bits per heavy atom. The number of carbonyl (C=O) groups excluding carboxylic acids is 1. The summed E-state index contributed by atoms with van der Waals surface area (Å²) in [6, 6.07) is 5.94. The maximum absolute atomic E-state index is 13.6. The molecule has 0 fully saturated rings. The molecule has 0 saturated heterocycles. The van der Waals surface area contributed by atoms with Crippen molar-refractivity contribution in [2.24, 2.45) is 0 Å². The van der Waals surface area contributed by atoms with E-state index in [4.69, 9.17) is 11.6 Å². The van der Waals surface area contributed by atoms with Gasteiger partial charge < -0.3 is 5.32 Å². The summed E-state index contributed by atoms with van der Waals surface area (Å²) in [5, 5.41) is 12.9. The molecule has 2 aromatic carbocycles. The molecule has 8 heteroatoms. The van der Waals surface area contributed by atoms with Crippen molar-refractivity contribution in [3.05, 3.63) is 68.7 Å². The van der Waals surface area contributed by atoms with E-state index in [-0.39, 0.29) is 10.7 Å². The summed E-state index contributed by atoms with van der Waals surface area (Å²) in [5.41, 5.74) is -1.27. The Morgan fingerprint density at radius 2 is 1.81 bits per heavy atom. The van der Waals surface area contributed by atoms with Crippen molar-refractivity contribution >= 4 is 28.9 Å². The molecule has 0 radical (unpaired) electrons. The number of halogens is 3. The van der Waals surface area contributed by atoms with Gasteiger partial charge >= 0.3 is 0 Å². The van der Waals surface area contributed by atoms with Crippen molar-refractivity contribution in [1.29, 1.82) is 0 Å². The normalized spacial score (nSPS) is 10.2. The SMILES string of the molecule is O=C(Nc1cc(Cl)ccc1F)c1cc([N+](=O)[O-])ccc1F. The molecule has 0 unspecified atom stereocenters. The molecule has 0 atom stereocenters. The van der Waals surface area contributed by atoms with Gasteiger partial charge in [-0.2, -0.15) is 0 Å². The van der Waals surface area contributed by atoms with Gasteiger partial charge in [-0.05, 0) is 24.3 Å². The number of nitro benzene ring substituents is 1. The molecule has 0 aliphatic heterocycles. The second-order valence-electron chi connectivity index (χ2n) is 4.00. The van der Waals surface area contributed by atoms with Crippen LogP contribution in [0, 0.1) is 21.7 Å². The zero-order valence-electron chi connectivity index (χ0n) is 10.3. The van der Waals surface area contributed by atoms with Gasteiger partial charge in [0.1, 0.15) is 11.6 Å². The summed E-state index contributed by atoms with van der Waals surface area (Å²) in [4.78, 5) is 21.7. The molecule has 0 aromatic heterocycles. The monoisotopic (exact) mass is 312 g/mol. The Labute approximate surface area is 122 Å². The molecule has 0 bridgehead atoms. The number of amides is 1. The lowest BCUT2D eigenvalue weighted by molar-refractivity contribution is -0.384. The zero-order valence-corrected chi connectivity index (χ0v) is 11.0. The molecule has 5 nitrogen and oxygen atoms in total. The molecule has 0 aliphatic rings. The minimum Gasteiger partial charge on any atom is -0.319 e. The van der Waals surface area contributed by atoms with Crippen LogP contribution >= 0.6 is 11.6 Å². The largest absolute Gasteiger partial charge is 0.319 e. The quantitative estimate of drug-likeness (QED) is 0.692. The molecule has 108 valence electrons. The number of non-ortho nitro benzene ring substituents is 1. The maximum atomic E-state index is 13.6. The lowest BCUT2D eigenvalue weighted by Crippen LogP contribution is -2.15. The predicted octanol–water partition coefficient (Wildman–Crippen LogP) is 3.78. The van der Waals surface area contributed by atoms with E-state index in [0.29, 0.717) is 0 Å². The number of benzene rings is 2. The summed E-state index contributed by atoms with van der Waals surface area (Å²) in [6.45, 7) is 0. The summed E-state index contributed by atoms with van der Waals surface area (Å²) in [6.07, 6.45) is 0. The third kappa shape index (κ3) is 3.32. The third-order valence-electron chi connectivity index (χ3n) is 2.58. The highest BCUT2D eigenvalue weighted by molar-refractivity contribution is 6.31. The Morgan fingerprint density at radius 3 is 2.48 bits per heavy atom. The highest BCUT2D eigenvalue weighted by atomic mass is 35.5. The molecule has 0 aliphatic carbocycles. The summed E-state index contributed by atoms with van der Waals surface area (Å²) < 4.78 is 27.0. The minimum absolute atomic E-state index is 0.172. The fourth-order valence-corrected chi connectivity index (χ4v) is 1.76. The standard InChI is InChI=1S/C13H7ClF2N2O3/c14-7-1-3-11(16)12(5-7)17-13(19)9-6-8(18(20)21)2-4-10(9)15/h1-6H,(H,17,19). The van der Waals surface area contributed by atoms with Gasteiger partial charge in [0.2, 0.25) is 0 Å². The maximum Gasteiger partial charge on any atom is 0.270 e. The molecular weight excluding hydrogens is 306 g/mol. The Hall–Kier alpha value is -2.54. The van der Waals surface area contributed by atoms with Crippen LogP contribution in [-0.4, -0.2) is 10.8 Å². The van der Waals surface area contributed by atoms with Crippen molar-refractivity contribution < 1.29 is 18.5 Å². The number of nitrogens with zero attached hydrogens (tertiary/aromatic N) is 1. The van der Waals surface area contributed by atoms with E-state index in [1.807, 2.05) is 0 Å². The molecular formula is C13H7ClF2N2O3. The lowest BCUT2D eigenvalue weighted by atomic mass is 10.1. The molecule has 0 saturated carbocycles. The first-order chi connectivity index (χ1) is 9.88. The van der Waals surface area contributed by atoms with Gasteiger partial charge in [-0.25, -0.2) is 8.78 Å². The van der Waals surface area contributed by atoms with Crippen molar-refractivity contribution in [3.63, 3.8) is 0 Å². The summed E-state index contributed by atoms with van der Waals surface area (Å²) in [5.74, 6) is -2.74. The van der Waals surface area contributed by atoms with Crippen molar-refractivity contribution in [1.82, 2.24) is 0 Å². The van der Waals surface area contributed by atoms with Crippen LogP contribution in [0.25, 0.3) is 0 Å². The molecule has 1 amide bonds. The number of hydrogen-bond acceptors (Lipinski definition) is 3. The van der Waals surface area contributed by atoms with Gasteiger partial charge in [0, 0.05) is 17.2 Å². The Bertz CT molecular complexity index is 737. The van der Waals surface area contributed by atoms with Crippen LogP contribution < -0.4 is 5.32 Å². The van der Waals surface area contributed by atoms with E-state index in [2.05, 4.69) is 5.32 Å². The smallest absolute Gasteiger partial charge is 0.270 e. The first-order valence-corrected chi connectivity index (χ1v) is 5.96. The predicted molar refractivity (Wildman–Crippen MR) is 72.4 cm³/mol. The van der Waals surface area contributed by atoms with Gasteiger partial charge in [-0.1, -0.05) is 11.6 Å². The first kappa shape index (κ1) is 14.9. The topological polar surface area (TPSA) is 72.2 Å². The van der Waals surface area contributed by atoms with E-state index in [1.54, 1.807) is 0 Å². The van der Waals surface area contributed by atoms with Crippen LogP contribution in [0.3, 0.4) is 0 Å². The molecule has 2 rings (SSSR count). The van der Waals surface area contributed by atoms with Gasteiger partial charge in [0.05, 0.1) is 16.2 Å². The Kier molecular flexibility index (Phi) is 4.13. The fourth-order valence-electron chi connectivity index (χ4n) is 1.58. The van der Waals surface area contributed by atoms with Crippen LogP contribution in [0.4, 0.5) is 20.2 Å². The van der Waals surface area contributed by atoms with Gasteiger partial charge in [-0.15, -0.1) is 0 Å². The summed E-state index contributed by atoms with van der Waals surface area (Å²) in [7, 11) is 0. The van der Waals surface area contributed by atoms with Gasteiger partial charge in [0.25, 0.3) is 11.6 Å². The van der Waals surface area contributed by atoms with E-state index >= 15 is 0 Å². The lowest BCUT2D eigenvalue weighted by Gasteiger charge is -2.07. The molecule has 0 spiro atoms. The van der Waals surface area contributed by atoms with Crippen molar-refractivity contribution in [2.45, 2.75) is 0 Å². The average molecular weight is 313 g/mol. The zero-order chi connectivity index (χ0) is 15.6. The van der Waals surface area contributed by atoms with Crippen molar-refractivity contribution in [2.75, 3.05) is 5.32 Å². The van der Waals surface area contributed by atoms with Crippen LogP contribution in [0.2, 0.25) is 5.02 Å². The minimum atomic E-state index is -1.02. The van der Waals surface area contributed by atoms with E-state index in [9.17, 15) is 23.7 Å².